The molecular weight excluding hydrogens is 430 g/mol. The van der Waals surface area contributed by atoms with Gasteiger partial charge in [0, 0.05) is 18.4 Å². The lowest BCUT2D eigenvalue weighted by Gasteiger charge is -2.18. The summed E-state index contributed by atoms with van der Waals surface area (Å²) in [6.07, 6.45) is -4.86. The van der Waals surface area contributed by atoms with Crippen molar-refractivity contribution in [1.82, 2.24) is 5.32 Å². The predicted octanol–water partition coefficient (Wildman–Crippen LogP) is 2.69. The van der Waals surface area contributed by atoms with E-state index in [9.17, 15) is 32.8 Å². The second-order valence-electron chi connectivity index (χ2n) is 6.97. The van der Waals surface area contributed by atoms with Gasteiger partial charge in [-0.3, -0.25) is 9.59 Å². The highest BCUT2D eigenvalue weighted by Crippen LogP contribution is 2.24. The van der Waals surface area contributed by atoms with Gasteiger partial charge in [0.25, 0.3) is 0 Å². The minimum atomic E-state index is -4.82. The molecule has 2 aromatic carbocycles. The molecule has 0 aliphatic carbocycles. The molecule has 0 spiro atoms. The fraction of sp³-hybridized carbons (Fsp3) is 0.333. The number of hydrogen-bond acceptors (Lipinski definition) is 6. The average Bonchev–Trinajstić information content (AvgIpc) is 2.73. The van der Waals surface area contributed by atoms with Gasteiger partial charge in [-0.05, 0) is 54.8 Å². The van der Waals surface area contributed by atoms with E-state index in [1.807, 2.05) is 0 Å². The monoisotopic (exact) mass is 453 g/mol. The Morgan fingerprint density at radius 3 is 2.34 bits per heavy atom. The molecule has 0 aliphatic heterocycles. The first kappa shape index (κ1) is 25.2. The zero-order valence-electron chi connectivity index (χ0n) is 17.3. The summed E-state index contributed by atoms with van der Waals surface area (Å²) in [7, 11) is -0.383. The van der Waals surface area contributed by atoms with E-state index >= 15 is 0 Å². The summed E-state index contributed by atoms with van der Waals surface area (Å²) in [6.45, 7) is 0. The van der Waals surface area contributed by atoms with Gasteiger partial charge < -0.3 is 24.8 Å². The summed E-state index contributed by atoms with van der Waals surface area (Å²) in [4.78, 5) is 24.4. The third-order valence-electron chi connectivity index (χ3n) is 4.57. The van der Waals surface area contributed by atoms with E-state index in [4.69, 9.17) is 4.74 Å². The number of halogens is 3. The molecule has 0 aliphatic rings. The molecule has 11 heteroatoms. The van der Waals surface area contributed by atoms with Crippen molar-refractivity contribution in [1.29, 1.82) is 0 Å². The van der Waals surface area contributed by atoms with E-state index in [0.717, 1.165) is 6.07 Å². The van der Waals surface area contributed by atoms with Gasteiger partial charge >= 0.3 is 13.5 Å². The number of amides is 1. The minimum Gasteiger partial charge on any atom is -0.497 e. The lowest BCUT2D eigenvalue weighted by atomic mass is 9.76. The van der Waals surface area contributed by atoms with Crippen molar-refractivity contribution in [3.8, 4) is 11.5 Å². The molecule has 0 fully saturated rings. The van der Waals surface area contributed by atoms with Gasteiger partial charge in [-0.2, -0.15) is 0 Å². The van der Waals surface area contributed by atoms with E-state index in [1.54, 1.807) is 30.3 Å². The number of rotatable bonds is 11. The van der Waals surface area contributed by atoms with Crippen molar-refractivity contribution in [2.24, 2.45) is 0 Å². The number of methoxy groups -OCH3 is 1. The number of hydrogen-bond donors (Lipinski definition) is 3. The van der Waals surface area contributed by atoms with Crippen LogP contribution in [-0.2, 0) is 11.2 Å². The number of aryl methyl sites for hydroxylation is 1. The highest BCUT2D eigenvalue weighted by Gasteiger charge is 2.31. The van der Waals surface area contributed by atoms with Gasteiger partial charge in [-0.25, -0.2) is 0 Å². The molecule has 3 N–H and O–H groups in total. The third-order valence-corrected chi connectivity index (χ3v) is 4.57. The minimum absolute atomic E-state index is 0.0469. The quantitative estimate of drug-likeness (QED) is 0.357. The lowest BCUT2D eigenvalue weighted by Crippen LogP contribution is -2.46. The molecule has 32 heavy (non-hydrogen) atoms. The summed E-state index contributed by atoms with van der Waals surface area (Å²) in [6, 6.07) is 11.7. The Hall–Kier alpha value is -3.05. The molecule has 2 aromatic rings. The first-order valence-corrected chi connectivity index (χ1v) is 9.75. The fourth-order valence-corrected chi connectivity index (χ4v) is 2.94. The van der Waals surface area contributed by atoms with E-state index in [1.165, 1.54) is 19.2 Å². The maximum absolute atomic E-state index is 12.3. The van der Waals surface area contributed by atoms with E-state index in [0.29, 0.717) is 16.9 Å². The van der Waals surface area contributed by atoms with Crippen LogP contribution in [0, 0.1) is 0 Å². The largest absolute Gasteiger partial charge is 0.573 e. The zero-order chi connectivity index (χ0) is 23.7. The maximum atomic E-state index is 12.3. The number of nitrogens with one attached hydrogen (secondary N) is 1. The van der Waals surface area contributed by atoms with E-state index in [2.05, 4.69) is 10.1 Å². The molecule has 172 valence electrons. The van der Waals surface area contributed by atoms with Crippen LogP contribution in [0.4, 0.5) is 13.2 Å². The number of carbonyl (C=O) groups is 2. The topological polar surface area (TPSA) is 105 Å². The number of ketones is 1. The van der Waals surface area contributed by atoms with Gasteiger partial charge in [0.05, 0.1) is 13.1 Å². The van der Waals surface area contributed by atoms with Gasteiger partial charge in [0.15, 0.2) is 5.78 Å². The van der Waals surface area contributed by atoms with Crippen LogP contribution in [0.3, 0.4) is 0 Å². The number of ether oxygens (including phenoxy) is 2. The Balaban J connectivity index is 1.86. The van der Waals surface area contributed by atoms with Gasteiger partial charge in [-0.15, -0.1) is 13.2 Å². The Kier molecular flexibility index (Phi) is 9.09. The Morgan fingerprint density at radius 2 is 1.75 bits per heavy atom. The molecule has 0 heterocycles. The van der Waals surface area contributed by atoms with Crippen LogP contribution >= 0.6 is 0 Å². The summed E-state index contributed by atoms with van der Waals surface area (Å²) in [5.41, 5.74) is 0.875. The highest BCUT2D eigenvalue weighted by molar-refractivity contribution is 6.43. The first-order valence-electron chi connectivity index (χ1n) is 9.75. The van der Waals surface area contributed by atoms with Crippen LogP contribution in [0.2, 0.25) is 0 Å². The molecule has 1 atom stereocenters. The first-order chi connectivity index (χ1) is 15.1. The van der Waals surface area contributed by atoms with Gasteiger partial charge in [-0.1, -0.05) is 12.1 Å². The molecule has 7 nitrogen and oxygen atoms in total. The number of carbonyl (C=O) groups excluding carboxylic acids is 2. The van der Waals surface area contributed by atoms with Crippen molar-refractivity contribution < 1.29 is 42.3 Å². The Labute approximate surface area is 183 Å². The Morgan fingerprint density at radius 1 is 1.06 bits per heavy atom. The highest BCUT2D eigenvalue weighted by atomic mass is 19.4. The Bertz CT molecular complexity index is 905. The van der Waals surface area contributed by atoms with Gasteiger partial charge in [0.1, 0.15) is 11.5 Å². The van der Waals surface area contributed by atoms with Crippen LogP contribution in [-0.4, -0.2) is 48.3 Å². The number of alkyl halides is 3. The fourth-order valence-electron chi connectivity index (χ4n) is 2.94. The SMILES string of the molecule is COc1ccc(C(=O)CCC(=O)N[C@@H](CCc2cccc(OC(F)(F)F)c2)B(O)O)cc1. The summed E-state index contributed by atoms with van der Waals surface area (Å²) < 4.78 is 45.9. The second-order valence-corrected chi connectivity index (χ2v) is 6.97. The number of Topliss-reactive ketones (excluding diaryl/α,β-unsaturated/α-hetero) is 1. The van der Waals surface area contributed by atoms with Crippen LogP contribution in [0.25, 0.3) is 0 Å². The number of benzene rings is 2. The molecule has 0 unspecified atom stereocenters. The smallest absolute Gasteiger partial charge is 0.497 e. The van der Waals surface area contributed by atoms with E-state index < -0.39 is 31.1 Å². The zero-order valence-corrected chi connectivity index (χ0v) is 17.3. The molecule has 0 saturated carbocycles. The molecule has 0 saturated heterocycles. The standard InChI is InChI=1S/C21H23BF3NO6/c1-31-16-8-6-15(7-9-16)18(27)10-12-20(28)26-19(22(29)30)11-5-14-3-2-4-17(13-14)32-21(23,24)25/h2-4,6-9,13,19,29-30H,5,10-12H2,1H3,(H,26,28)/t19-/m0/s1. The summed E-state index contributed by atoms with van der Waals surface area (Å²) in [5, 5.41) is 21.5. The van der Waals surface area contributed by atoms with Gasteiger partial charge in [0.2, 0.25) is 5.91 Å². The van der Waals surface area contributed by atoms with Crippen molar-refractivity contribution in [3.63, 3.8) is 0 Å². The van der Waals surface area contributed by atoms with Crippen LogP contribution in [0.5, 0.6) is 11.5 Å². The van der Waals surface area contributed by atoms with Crippen LogP contribution < -0.4 is 14.8 Å². The van der Waals surface area contributed by atoms with Crippen molar-refractivity contribution in [3.05, 3.63) is 59.7 Å². The second kappa shape index (κ2) is 11.5. The van der Waals surface area contributed by atoms with Crippen LogP contribution in [0.1, 0.15) is 35.2 Å². The molecular formula is C21H23BF3NO6. The predicted molar refractivity (Wildman–Crippen MR) is 110 cm³/mol. The summed E-state index contributed by atoms with van der Waals surface area (Å²) >= 11 is 0. The normalized spacial score (nSPS) is 12.1. The third kappa shape index (κ3) is 8.60. The van der Waals surface area contributed by atoms with Crippen LogP contribution in [0.15, 0.2) is 48.5 Å². The lowest BCUT2D eigenvalue weighted by molar-refractivity contribution is -0.274. The molecule has 0 radical (unpaired) electrons. The molecule has 1 amide bonds. The van der Waals surface area contributed by atoms with Crippen molar-refractivity contribution in [2.75, 3.05) is 7.11 Å². The summed E-state index contributed by atoms with van der Waals surface area (Å²) in [5.74, 6) is -1.68. The van der Waals surface area contributed by atoms with E-state index in [-0.39, 0.29) is 31.5 Å². The van der Waals surface area contributed by atoms with Crippen molar-refractivity contribution >= 4 is 18.8 Å². The molecule has 0 aromatic heterocycles. The maximum Gasteiger partial charge on any atom is 0.573 e. The molecule has 2 rings (SSSR count). The molecule has 0 bridgehead atoms. The average molecular weight is 453 g/mol. The van der Waals surface area contributed by atoms with Crippen molar-refractivity contribution in [2.45, 2.75) is 38.0 Å².